The Morgan fingerprint density at radius 2 is 1.71 bits per heavy atom. The topological polar surface area (TPSA) is 95.7 Å². The summed E-state index contributed by atoms with van der Waals surface area (Å²) < 4.78 is 29.9. The molecule has 1 aromatic heterocycles. The zero-order valence-corrected chi connectivity index (χ0v) is 14.7. The first kappa shape index (κ1) is 17.4. The maximum Gasteiger partial charge on any atom is 0.331 e. The number of aromatic nitrogens is 2. The van der Waals surface area contributed by atoms with Crippen LogP contribution in [0.5, 0.6) is 0 Å². The van der Waals surface area contributed by atoms with Crippen molar-refractivity contribution in [3.05, 3.63) is 18.0 Å². The Hall–Kier alpha value is -1.45. The van der Waals surface area contributed by atoms with Crippen LogP contribution in [-0.2, 0) is 20.5 Å². The van der Waals surface area contributed by atoms with Gasteiger partial charge in [-0.1, -0.05) is 6.42 Å². The first-order valence-electron chi connectivity index (χ1n) is 8.37. The van der Waals surface area contributed by atoms with Crippen LogP contribution in [0.1, 0.15) is 37.7 Å². The van der Waals surface area contributed by atoms with Gasteiger partial charge < -0.3 is 5.11 Å². The molecular formula is C15H24N4O4S. The summed E-state index contributed by atoms with van der Waals surface area (Å²) in [5.41, 5.74) is -0.277. The smallest absolute Gasteiger partial charge is 0.331 e. The van der Waals surface area contributed by atoms with Crippen LogP contribution in [0.3, 0.4) is 0 Å². The zero-order valence-electron chi connectivity index (χ0n) is 13.9. The van der Waals surface area contributed by atoms with E-state index in [1.807, 2.05) is 6.92 Å². The summed E-state index contributed by atoms with van der Waals surface area (Å²) in [7, 11) is -3.49. The van der Waals surface area contributed by atoms with Gasteiger partial charge in [0.2, 0.25) is 0 Å². The molecule has 2 fully saturated rings. The van der Waals surface area contributed by atoms with E-state index in [-0.39, 0.29) is 25.9 Å². The lowest BCUT2D eigenvalue weighted by molar-refractivity contribution is -0.150. The summed E-state index contributed by atoms with van der Waals surface area (Å²) in [6.45, 7) is 3.37. The van der Waals surface area contributed by atoms with Crippen molar-refractivity contribution in [2.45, 2.75) is 44.6 Å². The quantitative estimate of drug-likeness (QED) is 0.861. The van der Waals surface area contributed by atoms with Gasteiger partial charge in [0.15, 0.2) is 5.54 Å². The van der Waals surface area contributed by atoms with Crippen molar-refractivity contribution >= 4 is 16.2 Å². The SMILES string of the molecule is Cc1cnn(C2(C(=O)O)CCN(S(=O)(=O)N3CCCCC3)CC2)c1. The lowest BCUT2D eigenvalue weighted by atomic mass is 9.88. The molecule has 2 saturated heterocycles. The minimum Gasteiger partial charge on any atom is -0.479 e. The van der Waals surface area contributed by atoms with Crippen LogP contribution in [0.4, 0.5) is 0 Å². The van der Waals surface area contributed by atoms with Crippen molar-refractivity contribution in [2.24, 2.45) is 0 Å². The molecule has 2 aliphatic rings. The third-order valence-corrected chi connectivity index (χ3v) is 7.10. The molecule has 0 aromatic carbocycles. The highest BCUT2D eigenvalue weighted by molar-refractivity contribution is 7.86. The van der Waals surface area contributed by atoms with E-state index in [1.165, 1.54) is 13.3 Å². The van der Waals surface area contributed by atoms with Gasteiger partial charge in [-0.15, -0.1) is 0 Å². The number of aliphatic carboxylic acids is 1. The van der Waals surface area contributed by atoms with Crippen LogP contribution in [0.25, 0.3) is 0 Å². The Bertz CT molecular complexity index is 701. The number of hydrogen-bond acceptors (Lipinski definition) is 4. The molecule has 1 aromatic rings. The molecule has 3 rings (SSSR count). The Labute approximate surface area is 142 Å². The van der Waals surface area contributed by atoms with Gasteiger partial charge in [0, 0.05) is 32.4 Å². The molecule has 0 aliphatic carbocycles. The molecule has 9 heteroatoms. The monoisotopic (exact) mass is 356 g/mol. The summed E-state index contributed by atoms with van der Waals surface area (Å²) >= 11 is 0. The molecule has 0 atom stereocenters. The first-order valence-corrected chi connectivity index (χ1v) is 9.76. The van der Waals surface area contributed by atoms with Crippen LogP contribution in [-0.4, -0.2) is 64.1 Å². The molecule has 134 valence electrons. The highest BCUT2D eigenvalue weighted by Crippen LogP contribution is 2.32. The lowest BCUT2D eigenvalue weighted by Crippen LogP contribution is -2.55. The summed E-state index contributed by atoms with van der Waals surface area (Å²) in [4.78, 5) is 11.9. The second kappa shape index (κ2) is 6.45. The van der Waals surface area contributed by atoms with Crippen LogP contribution in [0.2, 0.25) is 0 Å². The molecule has 0 amide bonds. The highest BCUT2D eigenvalue weighted by Gasteiger charge is 2.47. The Morgan fingerprint density at radius 1 is 1.12 bits per heavy atom. The fourth-order valence-electron chi connectivity index (χ4n) is 3.53. The molecule has 0 radical (unpaired) electrons. The van der Waals surface area contributed by atoms with E-state index in [4.69, 9.17) is 0 Å². The third kappa shape index (κ3) is 2.96. The van der Waals surface area contributed by atoms with E-state index in [1.54, 1.807) is 12.4 Å². The van der Waals surface area contributed by atoms with Gasteiger partial charge in [0.05, 0.1) is 6.20 Å². The average Bonchev–Trinajstić information content (AvgIpc) is 3.02. The largest absolute Gasteiger partial charge is 0.479 e. The Balaban J connectivity index is 1.77. The van der Waals surface area contributed by atoms with Crippen LogP contribution >= 0.6 is 0 Å². The molecule has 24 heavy (non-hydrogen) atoms. The number of piperidine rings is 2. The van der Waals surface area contributed by atoms with Crippen molar-refractivity contribution in [2.75, 3.05) is 26.2 Å². The third-order valence-electron chi connectivity index (χ3n) is 5.07. The standard InChI is InChI=1S/C15H24N4O4S/c1-13-11-16-19(12-13)15(14(20)21)5-9-18(10-6-15)24(22,23)17-7-3-2-4-8-17/h11-12H,2-10H2,1H3,(H,20,21). The minimum atomic E-state index is -3.49. The maximum atomic E-state index is 12.7. The molecule has 1 N–H and O–H groups in total. The minimum absolute atomic E-state index is 0.198. The van der Waals surface area contributed by atoms with E-state index in [2.05, 4.69) is 5.10 Å². The Kier molecular flexibility index (Phi) is 4.67. The second-order valence-corrected chi connectivity index (χ2v) is 8.59. The van der Waals surface area contributed by atoms with Crippen LogP contribution in [0.15, 0.2) is 12.4 Å². The highest BCUT2D eigenvalue weighted by atomic mass is 32.2. The normalized spacial score (nSPS) is 23.2. The number of nitrogens with zero attached hydrogens (tertiary/aromatic N) is 4. The van der Waals surface area contributed by atoms with Crippen LogP contribution < -0.4 is 0 Å². The Morgan fingerprint density at radius 3 is 2.21 bits per heavy atom. The number of rotatable bonds is 4. The van der Waals surface area contributed by atoms with Gasteiger partial charge in [-0.05, 0) is 38.2 Å². The van der Waals surface area contributed by atoms with E-state index >= 15 is 0 Å². The van der Waals surface area contributed by atoms with E-state index in [9.17, 15) is 18.3 Å². The molecule has 0 saturated carbocycles. The zero-order chi connectivity index (χ0) is 17.4. The molecule has 0 bridgehead atoms. The fourth-order valence-corrected chi connectivity index (χ4v) is 5.22. The summed E-state index contributed by atoms with van der Waals surface area (Å²) in [5.74, 6) is -0.958. The van der Waals surface area contributed by atoms with E-state index in [0.29, 0.717) is 13.1 Å². The molecule has 0 unspecified atom stereocenters. The molecular weight excluding hydrogens is 332 g/mol. The summed E-state index contributed by atoms with van der Waals surface area (Å²) in [6, 6.07) is 0. The van der Waals surface area contributed by atoms with Crippen molar-refractivity contribution in [1.82, 2.24) is 18.4 Å². The van der Waals surface area contributed by atoms with Gasteiger partial charge in [-0.25, -0.2) is 4.79 Å². The van der Waals surface area contributed by atoms with Gasteiger partial charge in [-0.3, -0.25) is 4.68 Å². The van der Waals surface area contributed by atoms with E-state index in [0.717, 1.165) is 24.8 Å². The average molecular weight is 356 g/mol. The lowest BCUT2D eigenvalue weighted by Gasteiger charge is -2.40. The summed E-state index contributed by atoms with van der Waals surface area (Å²) in [6.07, 6.45) is 6.61. The van der Waals surface area contributed by atoms with Crippen LogP contribution in [0, 0.1) is 6.92 Å². The maximum absolute atomic E-state index is 12.7. The van der Waals surface area contributed by atoms with Crippen molar-refractivity contribution < 1.29 is 18.3 Å². The first-order chi connectivity index (χ1) is 11.4. The predicted molar refractivity (Wildman–Crippen MR) is 87.7 cm³/mol. The molecule has 2 aliphatic heterocycles. The number of carboxylic acids is 1. The van der Waals surface area contributed by atoms with Crippen molar-refractivity contribution in [1.29, 1.82) is 0 Å². The van der Waals surface area contributed by atoms with Gasteiger partial charge in [0.1, 0.15) is 0 Å². The summed E-state index contributed by atoms with van der Waals surface area (Å²) in [5, 5.41) is 13.9. The number of carboxylic acid groups (broad SMARTS) is 1. The van der Waals surface area contributed by atoms with Crippen molar-refractivity contribution in [3.8, 4) is 0 Å². The second-order valence-electron chi connectivity index (χ2n) is 6.67. The number of carbonyl (C=O) groups is 1. The molecule has 0 spiro atoms. The van der Waals surface area contributed by atoms with E-state index < -0.39 is 21.7 Å². The van der Waals surface area contributed by atoms with Gasteiger partial charge >= 0.3 is 5.97 Å². The fraction of sp³-hybridized carbons (Fsp3) is 0.733. The number of aryl methyl sites for hydroxylation is 1. The predicted octanol–water partition coefficient (Wildman–Crippen LogP) is 0.798. The van der Waals surface area contributed by atoms with Crippen molar-refractivity contribution in [3.63, 3.8) is 0 Å². The number of hydrogen-bond donors (Lipinski definition) is 1. The molecule has 3 heterocycles. The van der Waals surface area contributed by atoms with Gasteiger partial charge in [-0.2, -0.15) is 22.1 Å². The molecule has 8 nitrogen and oxygen atoms in total. The van der Waals surface area contributed by atoms with Gasteiger partial charge in [0.25, 0.3) is 10.2 Å².